The van der Waals surface area contributed by atoms with Gasteiger partial charge in [0.2, 0.25) is 0 Å². The third-order valence-corrected chi connectivity index (χ3v) is 9.94. The Kier molecular flexibility index (Phi) is 7.22. The molecule has 0 aliphatic carbocycles. The van der Waals surface area contributed by atoms with Crippen LogP contribution in [0, 0.1) is 0 Å². The van der Waals surface area contributed by atoms with Crippen LogP contribution in [0.3, 0.4) is 0 Å². The number of phenols is 1. The minimum absolute atomic E-state index is 0.0734. The topological polar surface area (TPSA) is 64.1 Å². The van der Waals surface area contributed by atoms with Gasteiger partial charge in [0.05, 0.1) is 22.6 Å². The predicted octanol–water partition coefficient (Wildman–Crippen LogP) is 12.4. The fourth-order valence-electron chi connectivity index (χ4n) is 7.45. The second-order valence-corrected chi connectivity index (χ2v) is 13.2. The minimum atomic E-state index is 0.0734. The Bertz CT molecular complexity index is 2890. The van der Waals surface area contributed by atoms with Gasteiger partial charge < -0.3 is 9.52 Å². The molecular weight excluding hydrogens is 651 g/mol. The summed E-state index contributed by atoms with van der Waals surface area (Å²) in [7, 11) is 0. The van der Waals surface area contributed by atoms with E-state index >= 15 is 0 Å². The van der Waals surface area contributed by atoms with Crippen molar-refractivity contribution in [2.45, 2.75) is 0 Å². The van der Waals surface area contributed by atoms with E-state index < -0.39 is 0 Å². The maximum atomic E-state index is 11.8. The smallest absolute Gasteiger partial charge is 0.149 e. The lowest BCUT2D eigenvalue weighted by molar-refractivity contribution is 0.476. The van der Waals surface area contributed by atoms with E-state index in [1.165, 1.54) is 0 Å². The molecule has 0 bridgehead atoms. The van der Waals surface area contributed by atoms with Crippen molar-refractivity contribution in [3.05, 3.63) is 182 Å². The predicted molar refractivity (Wildman–Crippen MR) is 215 cm³/mol. The first-order valence-electron chi connectivity index (χ1n) is 17.6. The molecule has 0 fully saturated rings. The molecule has 3 aromatic heterocycles. The maximum Gasteiger partial charge on any atom is 0.149 e. The SMILES string of the molecule is Oc1cc2oc3ccccc3c2cc1-c1nc(-c2nc(-c3ccccc3)cc3ccccc23)cn1-c1c(-c2ccccc2)cccc1-c1ccccc1. The highest BCUT2D eigenvalue weighted by atomic mass is 16.3. The van der Waals surface area contributed by atoms with Crippen LogP contribution >= 0.6 is 0 Å². The molecule has 0 unspecified atom stereocenters. The van der Waals surface area contributed by atoms with E-state index in [4.69, 9.17) is 14.4 Å². The molecule has 1 N–H and O–H groups in total. The molecule has 0 amide bonds. The van der Waals surface area contributed by atoms with Crippen LogP contribution in [-0.4, -0.2) is 19.6 Å². The van der Waals surface area contributed by atoms with Crippen molar-refractivity contribution >= 4 is 32.7 Å². The van der Waals surface area contributed by atoms with Crippen LogP contribution in [0.15, 0.2) is 187 Å². The lowest BCUT2D eigenvalue weighted by atomic mass is 9.95. The molecule has 5 nitrogen and oxygen atoms in total. The van der Waals surface area contributed by atoms with Gasteiger partial charge >= 0.3 is 0 Å². The van der Waals surface area contributed by atoms with Crippen molar-refractivity contribution in [2.75, 3.05) is 0 Å². The zero-order valence-corrected chi connectivity index (χ0v) is 28.5. The molecule has 0 spiro atoms. The Morgan fingerprint density at radius 2 is 1.06 bits per heavy atom. The van der Waals surface area contributed by atoms with Crippen molar-refractivity contribution in [1.29, 1.82) is 0 Å². The summed E-state index contributed by atoms with van der Waals surface area (Å²) in [6, 6.07) is 59.5. The number of rotatable bonds is 6. The van der Waals surface area contributed by atoms with Crippen LogP contribution < -0.4 is 0 Å². The molecule has 0 atom stereocenters. The molecule has 10 aromatic rings. The molecule has 7 aromatic carbocycles. The number of phenolic OH excluding ortho intramolecular Hbond substituents is 1. The van der Waals surface area contributed by atoms with Crippen LogP contribution in [0.1, 0.15) is 0 Å². The van der Waals surface area contributed by atoms with Gasteiger partial charge in [0.15, 0.2) is 0 Å². The first-order chi connectivity index (χ1) is 26.2. The van der Waals surface area contributed by atoms with Crippen molar-refractivity contribution < 1.29 is 9.52 Å². The largest absolute Gasteiger partial charge is 0.507 e. The summed E-state index contributed by atoms with van der Waals surface area (Å²) >= 11 is 0. The van der Waals surface area contributed by atoms with Crippen LogP contribution in [0.2, 0.25) is 0 Å². The molecule has 10 rings (SSSR count). The molecule has 250 valence electrons. The van der Waals surface area contributed by atoms with E-state index in [1.54, 1.807) is 6.07 Å². The normalized spacial score (nSPS) is 11.5. The summed E-state index contributed by atoms with van der Waals surface area (Å²) in [5.74, 6) is 0.658. The highest BCUT2D eigenvalue weighted by Gasteiger charge is 2.24. The monoisotopic (exact) mass is 681 g/mol. The zero-order valence-electron chi connectivity index (χ0n) is 28.5. The third-order valence-electron chi connectivity index (χ3n) is 9.94. The van der Waals surface area contributed by atoms with E-state index in [-0.39, 0.29) is 5.75 Å². The fraction of sp³-hybridized carbons (Fsp3) is 0. The number of para-hydroxylation sites is 2. The number of pyridine rings is 1. The van der Waals surface area contributed by atoms with Gasteiger partial charge in [-0.2, -0.15) is 0 Å². The Labute approximate surface area is 305 Å². The fourth-order valence-corrected chi connectivity index (χ4v) is 7.45. The Hall–Kier alpha value is -7.24. The van der Waals surface area contributed by atoms with Gasteiger partial charge in [-0.15, -0.1) is 0 Å². The zero-order chi connectivity index (χ0) is 35.3. The van der Waals surface area contributed by atoms with E-state index in [1.807, 2.05) is 66.7 Å². The van der Waals surface area contributed by atoms with Crippen molar-refractivity contribution in [1.82, 2.24) is 14.5 Å². The molecular formula is C48H31N3O2. The lowest BCUT2D eigenvalue weighted by Crippen LogP contribution is -2.02. The Balaban J connectivity index is 1.32. The summed E-state index contributed by atoms with van der Waals surface area (Å²) in [4.78, 5) is 10.7. The van der Waals surface area contributed by atoms with Gasteiger partial charge in [0.1, 0.15) is 28.4 Å². The van der Waals surface area contributed by atoms with E-state index in [0.29, 0.717) is 22.7 Å². The third kappa shape index (κ3) is 5.26. The highest BCUT2D eigenvalue weighted by Crippen LogP contribution is 2.43. The van der Waals surface area contributed by atoms with Crippen molar-refractivity contribution in [3.8, 4) is 67.7 Å². The summed E-state index contributed by atoms with van der Waals surface area (Å²) in [6.07, 6.45) is 2.07. The summed E-state index contributed by atoms with van der Waals surface area (Å²) in [6.45, 7) is 0. The van der Waals surface area contributed by atoms with Gasteiger partial charge in [-0.05, 0) is 34.7 Å². The number of aromatic hydroxyl groups is 1. The molecule has 0 radical (unpaired) electrons. The number of benzene rings is 7. The van der Waals surface area contributed by atoms with Crippen LogP contribution in [0.4, 0.5) is 0 Å². The lowest BCUT2D eigenvalue weighted by Gasteiger charge is -2.19. The van der Waals surface area contributed by atoms with Gasteiger partial charge in [-0.25, -0.2) is 9.97 Å². The number of imidazole rings is 1. The highest BCUT2D eigenvalue weighted by molar-refractivity contribution is 6.07. The van der Waals surface area contributed by atoms with E-state index in [2.05, 4.69) is 114 Å². The first-order valence-corrected chi connectivity index (χ1v) is 17.6. The van der Waals surface area contributed by atoms with Crippen LogP contribution in [-0.2, 0) is 0 Å². The first kappa shape index (κ1) is 30.6. The van der Waals surface area contributed by atoms with Crippen LogP contribution in [0.5, 0.6) is 5.75 Å². The molecule has 53 heavy (non-hydrogen) atoms. The maximum absolute atomic E-state index is 11.8. The Morgan fingerprint density at radius 3 is 1.75 bits per heavy atom. The Morgan fingerprint density at radius 1 is 0.453 bits per heavy atom. The minimum Gasteiger partial charge on any atom is -0.507 e. The van der Waals surface area contributed by atoms with Gasteiger partial charge in [0.25, 0.3) is 0 Å². The standard InChI is InChI=1S/C48H31N3O2/c52-43-29-45-39(38-23-12-13-26-44(38)53-45)28-40(43)48-50-42(46-35-22-11-10-21-34(35)27-41(49-46)33-19-8-3-9-20-33)30-51(48)47-36(31-15-4-1-5-16-31)24-14-25-37(47)32-17-6-2-7-18-32/h1-30,52H. The molecule has 0 aliphatic rings. The number of furan rings is 1. The van der Waals surface area contributed by atoms with Crippen molar-refractivity contribution in [2.24, 2.45) is 0 Å². The molecule has 0 saturated heterocycles. The van der Waals surface area contributed by atoms with E-state index in [0.717, 1.165) is 72.0 Å². The molecule has 0 saturated carbocycles. The van der Waals surface area contributed by atoms with Crippen molar-refractivity contribution in [3.63, 3.8) is 0 Å². The summed E-state index contributed by atoms with van der Waals surface area (Å²) in [5, 5.41) is 15.8. The number of fused-ring (bicyclic) bond motifs is 4. The molecule has 5 heteroatoms. The number of aromatic nitrogens is 3. The van der Waals surface area contributed by atoms with Crippen LogP contribution in [0.25, 0.3) is 94.7 Å². The second-order valence-electron chi connectivity index (χ2n) is 13.2. The number of hydrogen-bond acceptors (Lipinski definition) is 4. The second kappa shape index (κ2) is 12.5. The van der Waals surface area contributed by atoms with Gasteiger partial charge in [-0.3, -0.25) is 4.57 Å². The number of nitrogens with zero attached hydrogens (tertiary/aromatic N) is 3. The summed E-state index contributed by atoms with van der Waals surface area (Å²) < 4.78 is 8.31. The van der Waals surface area contributed by atoms with Gasteiger partial charge in [0, 0.05) is 45.1 Å². The molecule has 3 heterocycles. The summed E-state index contributed by atoms with van der Waals surface area (Å²) in [5.41, 5.74) is 10.4. The average Bonchev–Trinajstić information content (AvgIpc) is 3.82. The quantitative estimate of drug-likeness (QED) is 0.190. The van der Waals surface area contributed by atoms with E-state index in [9.17, 15) is 5.11 Å². The number of hydrogen-bond donors (Lipinski definition) is 1. The van der Waals surface area contributed by atoms with Gasteiger partial charge in [-0.1, -0.05) is 152 Å². The average molecular weight is 682 g/mol. The molecule has 0 aliphatic heterocycles.